The Morgan fingerprint density at radius 1 is 0.714 bits per heavy atom. The lowest BCUT2D eigenvalue weighted by Gasteiger charge is -2.40. The minimum Gasteiger partial charge on any atom is -0.504 e. The Hall–Kier alpha value is -4.96. The van der Waals surface area contributed by atoms with Gasteiger partial charge in [-0.15, -0.1) is 0 Å². The van der Waals surface area contributed by atoms with Crippen molar-refractivity contribution in [1.82, 2.24) is 4.90 Å². The molecule has 10 heteroatoms. The molecule has 258 valence electrons. The fourth-order valence-electron chi connectivity index (χ4n) is 7.85. The van der Waals surface area contributed by atoms with Crippen LogP contribution >= 0.6 is 0 Å². The van der Waals surface area contributed by atoms with Gasteiger partial charge in [-0.05, 0) is 104 Å². The van der Waals surface area contributed by atoms with Crippen LogP contribution in [0.25, 0.3) is 11.1 Å². The highest BCUT2D eigenvalue weighted by atomic mass is 16.5. The second-order valence-corrected chi connectivity index (χ2v) is 13.0. The fraction of sp³-hybridized carbons (Fsp3) is 0.385. The first kappa shape index (κ1) is 32.6. The summed E-state index contributed by atoms with van der Waals surface area (Å²) in [5.74, 6) is 3.59. The van der Waals surface area contributed by atoms with Crippen LogP contribution in [-0.4, -0.2) is 70.3 Å². The number of benzene rings is 4. The summed E-state index contributed by atoms with van der Waals surface area (Å²) in [5.41, 5.74) is 8.50. The fourth-order valence-corrected chi connectivity index (χ4v) is 7.85. The Balaban J connectivity index is 1.34. The maximum atomic E-state index is 10.9. The number of aromatic hydroxyl groups is 2. The first-order chi connectivity index (χ1) is 23.7. The highest BCUT2D eigenvalue weighted by molar-refractivity contribution is 5.85. The molecule has 0 saturated heterocycles. The van der Waals surface area contributed by atoms with Crippen LogP contribution in [0.4, 0.5) is 5.69 Å². The van der Waals surface area contributed by atoms with Crippen molar-refractivity contribution < 1.29 is 38.6 Å². The number of anilines is 1. The number of nitrogens with zero attached hydrogens (tertiary/aromatic N) is 2. The number of ether oxygens (including phenoxy) is 6. The predicted molar refractivity (Wildman–Crippen MR) is 188 cm³/mol. The molecule has 4 aromatic carbocycles. The van der Waals surface area contributed by atoms with Gasteiger partial charge in [-0.25, -0.2) is 0 Å². The zero-order valence-electron chi connectivity index (χ0n) is 29.2. The molecule has 1 unspecified atom stereocenters. The van der Waals surface area contributed by atoms with E-state index < -0.39 is 0 Å². The number of methoxy groups -OCH3 is 5. The van der Waals surface area contributed by atoms with E-state index in [1.54, 1.807) is 40.6 Å². The third-order valence-electron chi connectivity index (χ3n) is 10.4. The Morgan fingerprint density at radius 3 is 2.14 bits per heavy atom. The molecular weight excluding hydrogens is 624 g/mol. The van der Waals surface area contributed by atoms with Gasteiger partial charge < -0.3 is 43.5 Å². The van der Waals surface area contributed by atoms with Gasteiger partial charge in [0, 0.05) is 48.1 Å². The molecule has 0 radical (unpaired) electrons. The summed E-state index contributed by atoms with van der Waals surface area (Å²) in [6.07, 6.45) is 3.51. The molecule has 0 bridgehead atoms. The first-order valence-electron chi connectivity index (χ1n) is 16.6. The minimum atomic E-state index is -0.0326. The lowest BCUT2D eigenvalue weighted by Crippen LogP contribution is -2.36. The lowest BCUT2D eigenvalue weighted by molar-refractivity contribution is 0.226. The van der Waals surface area contributed by atoms with Gasteiger partial charge in [0.2, 0.25) is 5.75 Å². The van der Waals surface area contributed by atoms with Crippen molar-refractivity contribution in [2.75, 3.05) is 54.0 Å². The van der Waals surface area contributed by atoms with E-state index in [4.69, 9.17) is 28.4 Å². The molecule has 3 aliphatic rings. The number of rotatable bonds is 9. The average molecular weight is 669 g/mol. The molecule has 2 heterocycles. The molecule has 1 aliphatic carbocycles. The highest BCUT2D eigenvalue weighted by Crippen LogP contribution is 2.55. The van der Waals surface area contributed by atoms with Crippen molar-refractivity contribution in [3.05, 3.63) is 70.3 Å². The maximum Gasteiger partial charge on any atom is 0.204 e. The molecular formula is C39H44N2O8. The van der Waals surface area contributed by atoms with E-state index >= 15 is 0 Å². The maximum absolute atomic E-state index is 10.9. The Labute approximate surface area is 287 Å². The molecule has 0 amide bonds. The molecule has 2 aliphatic heterocycles. The number of hydrogen-bond donors (Lipinski definition) is 2. The number of fused-ring (bicyclic) bond motifs is 3. The van der Waals surface area contributed by atoms with Crippen LogP contribution in [0, 0.1) is 0 Å². The average Bonchev–Trinajstić information content (AvgIpc) is 3.11. The molecule has 10 nitrogen and oxygen atoms in total. The number of likely N-dealkylation sites (N-methyl/N-ethyl adjacent to an activating group) is 1. The third kappa shape index (κ3) is 5.38. The second-order valence-electron chi connectivity index (χ2n) is 13.0. The normalized spacial score (nSPS) is 17.8. The van der Waals surface area contributed by atoms with Crippen LogP contribution < -0.4 is 33.3 Å². The molecule has 2 N–H and O–H groups in total. The zero-order valence-corrected chi connectivity index (χ0v) is 29.2. The summed E-state index contributed by atoms with van der Waals surface area (Å²) in [4.78, 5) is 4.64. The van der Waals surface area contributed by atoms with Gasteiger partial charge in [-0.1, -0.05) is 0 Å². The van der Waals surface area contributed by atoms with E-state index in [1.165, 1.54) is 18.2 Å². The van der Waals surface area contributed by atoms with Crippen LogP contribution in [0.3, 0.4) is 0 Å². The van der Waals surface area contributed by atoms with Crippen molar-refractivity contribution in [3.63, 3.8) is 0 Å². The van der Waals surface area contributed by atoms with Crippen LogP contribution in [0.15, 0.2) is 42.5 Å². The monoisotopic (exact) mass is 668 g/mol. The molecule has 4 aromatic rings. The van der Waals surface area contributed by atoms with Crippen molar-refractivity contribution in [2.45, 2.75) is 51.2 Å². The SMILES string of the molecule is COc1cc2c(cc1O)N(Cc1ccc(O)c(OC)c1Oc1cc3c(cc1OC)-c1c(OC)c(OC)cc4c1[C@H](C3)N(C)CC4)C(C)CC2. The van der Waals surface area contributed by atoms with Crippen molar-refractivity contribution in [2.24, 2.45) is 0 Å². The van der Waals surface area contributed by atoms with Gasteiger partial charge in [-0.2, -0.15) is 0 Å². The molecule has 2 atom stereocenters. The number of phenols is 2. The summed E-state index contributed by atoms with van der Waals surface area (Å²) >= 11 is 0. The summed E-state index contributed by atoms with van der Waals surface area (Å²) < 4.78 is 35.7. The van der Waals surface area contributed by atoms with E-state index in [9.17, 15) is 10.2 Å². The minimum absolute atomic E-state index is 0.0326. The molecule has 0 fully saturated rings. The zero-order chi connectivity index (χ0) is 34.6. The van der Waals surface area contributed by atoms with Crippen LogP contribution in [0.5, 0.6) is 51.7 Å². The molecule has 7 rings (SSSR count). The summed E-state index contributed by atoms with van der Waals surface area (Å²) in [6.45, 7) is 3.55. The van der Waals surface area contributed by atoms with Crippen LogP contribution in [-0.2, 0) is 25.8 Å². The van der Waals surface area contributed by atoms with Gasteiger partial charge in [0.25, 0.3) is 0 Å². The van der Waals surface area contributed by atoms with Gasteiger partial charge in [0.1, 0.15) is 0 Å². The summed E-state index contributed by atoms with van der Waals surface area (Å²) in [6, 6.07) is 13.7. The van der Waals surface area contributed by atoms with Gasteiger partial charge in [0.05, 0.1) is 35.5 Å². The quantitative estimate of drug-likeness (QED) is 0.193. The van der Waals surface area contributed by atoms with Crippen LogP contribution in [0.1, 0.15) is 47.2 Å². The van der Waals surface area contributed by atoms with Crippen molar-refractivity contribution >= 4 is 5.69 Å². The second kappa shape index (κ2) is 12.8. The number of hydrogen-bond acceptors (Lipinski definition) is 10. The van der Waals surface area contributed by atoms with E-state index in [0.29, 0.717) is 41.0 Å². The molecule has 0 aromatic heterocycles. The Bertz CT molecular complexity index is 1920. The van der Waals surface area contributed by atoms with Crippen molar-refractivity contribution in [3.8, 4) is 62.9 Å². The first-order valence-corrected chi connectivity index (χ1v) is 16.6. The van der Waals surface area contributed by atoms with Gasteiger partial charge in [0.15, 0.2) is 46.0 Å². The van der Waals surface area contributed by atoms with E-state index in [1.807, 2.05) is 24.3 Å². The Kier molecular flexibility index (Phi) is 8.52. The number of aryl methyl sites for hydroxylation is 1. The van der Waals surface area contributed by atoms with E-state index in [0.717, 1.165) is 65.7 Å². The van der Waals surface area contributed by atoms with E-state index in [-0.39, 0.29) is 29.3 Å². The molecule has 0 saturated carbocycles. The smallest absolute Gasteiger partial charge is 0.204 e. The van der Waals surface area contributed by atoms with Crippen molar-refractivity contribution in [1.29, 1.82) is 0 Å². The standard InChI is InChI=1S/C39H44N2O8/c1-21-8-9-22-15-31(44-3)30(43)19-27(22)41(21)20-24-10-11-29(42)38(47-6)37(24)49-33-17-25-14-28-35-23(12-13-40(28)2)16-34(46-5)39(48-7)36(35)26(25)18-32(33)45-4/h10-11,15-19,21,28,42-43H,8-9,12-14,20H2,1-7H3/t21?,28-/m0/s1. The Morgan fingerprint density at radius 2 is 1.43 bits per heavy atom. The largest absolute Gasteiger partial charge is 0.504 e. The van der Waals surface area contributed by atoms with Gasteiger partial charge >= 0.3 is 0 Å². The van der Waals surface area contributed by atoms with Crippen LogP contribution in [0.2, 0.25) is 0 Å². The molecule has 49 heavy (non-hydrogen) atoms. The highest BCUT2D eigenvalue weighted by Gasteiger charge is 2.37. The lowest BCUT2D eigenvalue weighted by atomic mass is 9.76. The third-order valence-corrected chi connectivity index (χ3v) is 10.4. The number of phenolic OH excluding ortho intramolecular Hbond substituents is 2. The predicted octanol–water partition coefficient (Wildman–Crippen LogP) is 7.03. The van der Waals surface area contributed by atoms with Gasteiger partial charge in [-0.3, -0.25) is 4.90 Å². The van der Waals surface area contributed by atoms with E-state index in [2.05, 4.69) is 29.8 Å². The topological polar surface area (TPSA) is 102 Å². The molecule has 0 spiro atoms. The summed E-state index contributed by atoms with van der Waals surface area (Å²) in [7, 11) is 10.2. The summed E-state index contributed by atoms with van der Waals surface area (Å²) in [5, 5.41) is 21.6.